The average molecular weight is 328 g/mol. The smallest absolute Gasteiger partial charge is 0.254 e. The number of ether oxygens (including phenoxy) is 1. The van der Waals surface area contributed by atoms with Crippen molar-refractivity contribution in [2.45, 2.75) is 13.1 Å². The second kappa shape index (κ2) is 7.05. The SMILES string of the molecule is COc1ccc(C(=O)N2Cc3ccnn3C[C@H](CN(C)C)C2)cc1. The van der Waals surface area contributed by atoms with Gasteiger partial charge in [0.2, 0.25) is 0 Å². The van der Waals surface area contributed by atoms with Gasteiger partial charge in [-0.05, 0) is 44.4 Å². The maximum absolute atomic E-state index is 13.0. The van der Waals surface area contributed by atoms with Crippen LogP contribution in [0.4, 0.5) is 0 Å². The first-order valence-electron chi connectivity index (χ1n) is 8.15. The molecule has 0 aliphatic carbocycles. The second-order valence-corrected chi connectivity index (χ2v) is 6.55. The molecule has 24 heavy (non-hydrogen) atoms. The minimum Gasteiger partial charge on any atom is -0.497 e. The molecule has 0 saturated heterocycles. The van der Waals surface area contributed by atoms with Crippen LogP contribution in [0.1, 0.15) is 16.1 Å². The zero-order chi connectivity index (χ0) is 17.1. The van der Waals surface area contributed by atoms with Gasteiger partial charge in [-0.25, -0.2) is 0 Å². The van der Waals surface area contributed by atoms with Crippen LogP contribution in [0.15, 0.2) is 36.5 Å². The fraction of sp³-hybridized carbons (Fsp3) is 0.444. The molecule has 0 spiro atoms. The highest BCUT2D eigenvalue weighted by Gasteiger charge is 2.26. The summed E-state index contributed by atoms with van der Waals surface area (Å²) in [4.78, 5) is 17.0. The highest BCUT2D eigenvalue weighted by atomic mass is 16.5. The molecule has 6 heteroatoms. The normalized spacial score (nSPS) is 17.5. The van der Waals surface area contributed by atoms with Crippen molar-refractivity contribution in [1.29, 1.82) is 0 Å². The second-order valence-electron chi connectivity index (χ2n) is 6.55. The Balaban J connectivity index is 1.83. The number of carbonyl (C=O) groups excluding carboxylic acids is 1. The summed E-state index contributed by atoms with van der Waals surface area (Å²) in [6.07, 6.45) is 1.81. The Hall–Kier alpha value is -2.34. The molecule has 0 bridgehead atoms. The van der Waals surface area contributed by atoms with Crippen LogP contribution in [0.5, 0.6) is 5.75 Å². The summed E-state index contributed by atoms with van der Waals surface area (Å²) in [5.41, 5.74) is 1.77. The number of nitrogens with zero attached hydrogens (tertiary/aromatic N) is 4. The maximum atomic E-state index is 13.0. The van der Waals surface area contributed by atoms with Crippen LogP contribution in [0, 0.1) is 5.92 Å². The van der Waals surface area contributed by atoms with Gasteiger partial charge >= 0.3 is 0 Å². The van der Waals surface area contributed by atoms with E-state index >= 15 is 0 Å². The standard InChI is InChI=1S/C18H24N4O2/c1-20(2)10-14-11-21(13-16-8-9-19-22(16)12-14)18(23)15-4-6-17(24-3)7-5-15/h4-9,14H,10-13H2,1-3H3/t14-/m1/s1. The van der Waals surface area contributed by atoms with E-state index in [0.29, 0.717) is 18.0 Å². The van der Waals surface area contributed by atoms with Crippen molar-refractivity contribution < 1.29 is 9.53 Å². The fourth-order valence-electron chi connectivity index (χ4n) is 3.24. The van der Waals surface area contributed by atoms with Crippen LogP contribution in [0.2, 0.25) is 0 Å². The van der Waals surface area contributed by atoms with Crippen molar-refractivity contribution in [3.63, 3.8) is 0 Å². The van der Waals surface area contributed by atoms with Crippen molar-refractivity contribution in [2.75, 3.05) is 34.3 Å². The summed E-state index contributed by atoms with van der Waals surface area (Å²) in [6.45, 7) is 3.08. The molecule has 3 rings (SSSR count). The van der Waals surface area contributed by atoms with Gasteiger partial charge in [0.15, 0.2) is 0 Å². The Bertz CT molecular complexity index is 693. The third-order valence-corrected chi connectivity index (χ3v) is 4.31. The first kappa shape index (κ1) is 16.5. The summed E-state index contributed by atoms with van der Waals surface area (Å²) in [6, 6.07) is 9.29. The predicted molar refractivity (Wildman–Crippen MR) is 92.0 cm³/mol. The monoisotopic (exact) mass is 328 g/mol. The lowest BCUT2D eigenvalue weighted by Crippen LogP contribution is -2.37. The molecule has 2 heterocycles. The fourth-order valence-corrected chi connectivity index (χ4v) is 3.24. The lowest BCUT2D eigenvalue weighted by Gasteiger charge is -2.26. The van der Waals surface area contributed by atoms with E-state index in [4.69, 9.17) is 4.74 Å². The van der Waals surface area contributed by atoms with Gasteiger partial charge in [0.25, 0.3) is 5.91 Å². The molecule has 1 aromatic carbocycles. The van der Waals surface area contributed by atoms with Crippen LogP contribution < -0.4 is 4.74 Å². The number of fused-ring (bicyclic) bond motifs is 1. The predicted octanol–water partition coefficient (Wildman–Crippen LogP) is 1.73. The lowest BCUT2D eigenvalue weighted by molar-refractivity contribution is 0.0711. The summed E-state index contributed by atoms with van der Waals surface area (Å²) >= 11 is 0. The molecule has 1 amide bonds. The van der Waals surface area contributed by atoms with E-state index in [-0.39, 0.29) is 5.91 Å². The van der Waals surface area contributed by atoms with Gasteiger partial charge in [0.1, 0.15) is 5.75 Å². The van der Waals surface area contributed by atoms with Gasteiger partial charge in [-0.15, -0.1) is 0 Å². The van der Waals surface area contributed by atoms with Gasteiger partial charge in [-0.2, -0.15) is 5.10 Å². The van der Waals surface area contributed by atoms with E-state index in [1.807, 2.05) is 46.1 Å². The Morgan fingerprint density at radius 1 is 1.25 bits per heavy atom. The van der Waals surface area contributed by atoms with Crippen molar-refractivity contribution >= 4 is 5.91 Å². The molecule has 2 aromatic rings. The minimum atomic E-state index is 0.0519. The number of methoxy groups -OCH3 is 1. The number of hydrogen-bond acceptors (Lipinski definition) is 4. The Morgan fingerprint density at radius 3 is 2.67 bits per heavy atom. The number of amides is 1. The molecule has 1 aliphatic rings. The molecule has 0 radical (unpaired) electrons. The van der Waals surface area contributed by atoms with E-state index < -0.39 is 0 Å². The number of rotatable bonds is 4. The first-order valence-corrected chi connectivity index (χ1v) is 8.15. The van der Waals surface area contributed by atoms with Crippen LogP contribution in [-0.4, -0.2) is 59.8 Å². The molecule has 0 fully saturated rings. The van der Waals surface area contributed by atoms with Gasteiger partial charge < -0.3 is 14.5 Å². The first-order chi connectivity index (χ1) is 11.6. The van der Waals surface area contributed by atoms with Crippen LogP contribution >= 0.6 is 0 Å². The molecule has 0 saturated carbocycles. The van der Waals surface area contributed by atoms with Crippen LogP contribution in [0.25, 0.3) is 0 Å². The maximum Gasteiger partial charge on any atom is 0.254 e. The molecule has 1 atom stereocenters. The Kier molecular flexibility index (Phi) is 4.85. The van der Waals surface area contributed by atoms with E-state index in [0.717, 1.165) is 31.1 Å². The third-order valence-electron chi connectivity index (χ3n) is 4.31. The minimum absolute atomic E-state index is 0.0519. The molecule has 0 N–H and O–H groups in total. The molecule has 6 nitrogen and oxygen atoms in total. The van der Waals surface area contributed by atoms with Crippen LogP contribution in [0.3, 0.4) is 0 Å². The van der Waals surface area contributed by atoms with Crippen molar-refractivity contribution in [1.82, 2.24) is 19.6 Å². The highest BCUT2D eigenvalue weighted by Crippen LogP contribution is 2.20. The Labute approximate surface area is 142 Å². The van der Waals surface area contributed by atoms with Gasteiger partial charge in [-0.3, -0.25) is 9.48 Å². The summed E-state index contributed by atoms with van der Waals surface area (Å²) in [7, 11) is 5.74. The topological polar surface area (TPSA) is 50.6 Å². The van der Waals surface area contributed by atoms with Crippen molar-refractivity contribution in [3.8, 4) is 5.75 Å². The van der Waals surface area contributed by atoms with Gasteiger partial charge in [0.05, 0.1) is 19.3 Å². The zero-order valence-corrected chi connectivity index (χ0v) is 14.5. The largest absolute Gasteiger partial charge is 0.497 e. The molecule has 0 unspecified atom stereocenters. The number of benzene rings is 1. The highest BCUT2D eigenvalue weighted by molar-refractivity contribution is 5.94. The van der Waals surface area contributed by atoms with E-state index in [2.05, 4.69) is 24.1 Å². The van der Waals surface area contributed by atoms with Crippen molar-refractivity contribution in [3.05, 3.63) is 47.8 Å². The summed E-state index contributed by atoms with van der Waals surface area (Å²) in [5, 5.41) is 4.41. The molecule has 128 valence electrons. The number of carbonyl (C=O) groups is 1. The number of aromatic nitrogens is 2. The molecule has 1 aliphatic heterocycles. The van der Waals surface area contributed by atoms with E-state index in [1.165, 1.54) is 0 Å². The molecular formula is C18H24N4O2. The zero-order valence-electron chi connectivity index (χ0n) is 14.5. The number of hydrogen-bond donors (Lipinski definition) is 0. The van der Waals surface area contributed by atoms with Crippen LogP contribution in [-0.2, 0) is 13.1 Å². The van der Waals surface area contributed by atoms with Gasteiger partial charge in [0, 0.05) is 37.3 Å². The molecular weight excluding hydrogens is 304 g/mol. The van der Waals surface area contributed by atoms with E-state index in [9.17, 15) is 4.79 Å². The Morgan fingerprint density at radius 2 is 2.00 bits per heavy atom. The molecule has 1 aromatic heterocycles. The van der Waals surface area contributed by atoms with Gasteiger partial charge in [-0.1, -0.05) is 0 Å². The van der Waals surface area contributed by atoms with Crippen molar-refractivity contribution in [2.24, 2.45) is 5.92 Å². The third kappa shape index (κ3) is 3.59. The summed E-state index contributed by atoms with van der Waals surface area (Å²) in [5.74, 6) is 1.16. The summed E-state index contributed by atoms with van der Waals surface area (Å²) < 4.78 is 7.19. The van der Waals surface area contributed by atoms with E-state index in [1.54, 1.807) is 7.11 Å². The average Bonchev–Trinajstić information content (AvgIpc) is 2.92. The lowest BCUT2D eigenvalue weighted by atomic mass is 10.1. The quantitative estimate of drug-likeness (QED) is 0.858.